The fourth-order valence-electron chi connectivity index (χ4n) is 1.53. The predicted molar refractivity (Wildman–Crippen MR) is 57.7 cm³/mol. The van der Waals surface area contributed by atoms with Gasteiger partial charge in [0.25, 0.3) is 0 Å². The molecule has 0 saturated carbocycles. The van der Waals surface area contributed by atoms with Crippen molar-refractivity contribution in [2.75, 3.05) is 0 Å². The van der Waals surface area contributed by atoms with E-state index >= 15 is 0 Å². The SMILES string of the molecule is Cc1ccc(-n2ccnc2C#N)c(C#N)c1. The molecule has 0 atom stereocenters. The monoisotopic (exact) mass is 208 g/mol. The molecule has 0 bridgehead atoms. The normalized spacial score (nSPS) is 9.44. The van der Waals surface area contributed by atoms with Crippen LogP contribution in [0.5, 0.6) is 0 Å². The summed E-state index contributed by atoms with van der Waals surface area (Å²) in [6.07, 6.45) is 3.21. The Morgan fingerprint density at radius 1 is 1.25 bits per heavy atom. The Bertz CT molecular complexity index is 611. The average molecular weight is 208 g/mol. The van der Waals surface area contributed by atoms with Gasteiger partial charge in [-0.25, -0.2) is 4.98 Å². The molecule has 2 rings (SSSR count). The molecule has 1 heterocycles. The van der Waals surface area contributed by atoms with Crippen LogP contribution in [0, 0.1) is 29.6 Å². The van der Waals surface area contributed by atoms with Crippen LogP contribution in [-0.4, -0.2) is 9.55 Å². The van der Waals surface area contributed by atoms with Crippen LogP contribution in [0.4, 0.5) is 0 Å². The summed E-state index contributed by atoms with van der Waals surface area (Å²) in [5.41, 5.74) is 2.23. The summed E-state index contributed by atoms with van der Waals surface area (Å²) in [6, 6.07) is 9.60. The molecule has 0 saturated heterocycles. The van der Waals surface area contributed by atoms with Crippen LogP contribution in [0.25, 0.3) is 5.69 Å². The Labute approximate surface area is 93.0 Å². The Hall–Kier alpha value is -2.59. The number of nitrogens with zero attached hydrogens (tertiary/aromatic N) is 4. The van der Waals surface area contributed by atoms with Crippen molar-refractivity contribution in [1.82, 2.24) is 9.55 Å². The number of benzene rings is 1. The topological polar surface area (TPSA) is 65.4 Å². The van der Waals surface area contributed by atoms with E-state index in [0.717, 1.165) is 5.56 Å². The highest BCUT2D eigenvalue weighted by Gasteiger charge is 2.08. The molecule has 76 valence electrons. The molecular formula is C12H8N4. The van der Waals surface area contributed by atoms with Gasteiger partial charge in [-0.1, -0.05) is 6.07 Å². The molecule has 0 aliphatic carbocycles. The van der Waals surface area contributed by atoms with Gasteiger partial charge in [0, 0.05) is 12.4 Å². The first-order chi connectivity index (χ1) is 7.76. The molecule has 0 N–H and O–H groups in total. The number of aryl methyl sites for hydroxylation is 1. The van der Waals surface area contributed by atoms with Crippen LogP contribution in [-0.2, 0) is 0 Å². The molecule has 1 aromatic carbocycles. The predicted octanol–water partition coefficient (Wildman–Crippen LogP) is 1.92. The van der Waals surface area contributed by atoms with Crippen LogP contribution in [0.1, 0.15) is 17.0 Å². The third-order valence-electron chi connectivity index (χ3n) is 2.27. The minimum Gasteiger partial charge on any atom is -0.290 e. The highest BCUT2D eigenvalue weighted by Crippen LogP contribution is 2.17. The third kappa shape index (κ3) is 1.53. The van der Waals surface area contributed by atoms with Crippen molar-refractivity contribution >= 4 is 0 Å². The maximum Gasteiger partial charge on any atom is 0.217 e. The Morgan fingerprint density at radius 3 is 2.75 bits per heavy atom. The number of hydrogen-bond acceptors (Lipinski definition) is 3. The van der Waals surface area contributed by atoms with Gasteiger partial charge in [0.15, 0.2) is 0 Å². The van der Waals surface area contributed by atoms with Crippen LogP contribution in [0.3, 0.4) is 0 Å². The minimum atomic E-state index is 0.278. The van der Waals surface area contributed by atoms with Crippen molar-refractivity contribution in [1.29, 1.82) is 10.5 Å². The molecule has 0 unspecified atom stereocenters. The van der Waals surface area contributed by atoms with E-state index in [0.29, 0.717) is 11.3 Å². The highest BCUT2D eigenvalue weighted by molar-refractivity contribution is 5.51. The van der Waals surface area contributed by atoms with E-state index in [-0.39, 0.29) is 5.82 Å². The van der Waals surface area contributed by atoms with Gasteiger partial charge in [0.1, 0.15) is 12.1 Å². The second-order valence-electron chi connectivity index (χ2n) is 3.37. The first kappa shape index (κ1) is 9.95. The minimum absolute atomic E-state index is 0.278. The van der Waals surface area contributed by atoms with Crippen LogP contribution >= 0.6 is 0 Å². The second-order valence-corrected chi connectivity index (χ2v) is 3.37. The molecule has 0 fully saturated rings. The summed E-state index contributed by atoms with van der Waals surface area (Å²) in [5.74, 6) is 0.278. The van der Waals surface area contributed by atoms with Crippen molar-refractivity contribution in [2.45, 2.75) is 6.92 Å². The molecular weight excluding hydrogens is 200 g/mol. The lowest BCUT2D eigenvalue weighted by molar-refractivity contribution is 1.01. The lowest BCUT2D eigenvalue weighted by Crippen LogP contribution is -1.99. The number of imidazole rings is 1. The second kappa shape index (κ2) is 3.88. The van der Waals surface area contributed by atoms with Crippen LogP contribution in [0.2, 0.25) is 0 Å². The van der Waals surface area contributed by atoms with E-state index < -0.39 is 0 Å². The van der Waals surface area contributed by atoms with Gasteiger partial charge < -0.3 is 0 Å². The number of nitriles is 2. The number of rotatable bonds is 1. The fraction of sp³-hybridized carbons (Fsp3) is 0.0833. The van der Waals surface area contributed by atoms with E-state index in [1.165, 1.54) is 0 Å². The van der Waals surface area contributed by atoms with Gasteiger partial charge in [-0.15, -0.1) is 0 Å². The highest BCUT2D eigenvalue weighted by atomic mass is 15.1. The molecule has 0 aliphatic rings. The standard InChI is InChI=1S/C12H8N4/c1-9-2-3-11(10(6-9)7-13)16-5-4-15-12(16)8-14/h2-6H,1H3. The van der Waals surface area contributed by atoms with Gasteiger partial charge in [-0.2, -0.15) is 10.5 Å². The van der Waals surface area contributed by atoms with Crippen molar-refractivity contribution in [3.8, 4) is 17.8 Å². The van der Waals surface area contributed by atoms with Gasteiger partial charge in [-0.05, 0) is 24.6 Å². The quantitative estimate of drug-likeness (QED) is 0.719. The third-order valence-corrected chi connectivity index (χ3v) is 2.27. The summed E-state index contributed by atoms with van der Waals surface area (Å²) in [7, 11) is 0. The zero-order chi connectivity index (χ0) is 11.5. The van der Waals surface area contributed by atoms with Crippen LogP contribution in [0.15, 0.2) is 30.6 Å². The van der Waals surface area contributed by atoms with E-state index in [1.807, 2.05) is 25.1 Å². The Morgan fingerprint density at radius 2 is 2.06 bits per heavy atom. The average Bonchev–Trinajstić information content (AvgIpc) is 2.76. The van der Waals surface area contributed by atoms with Crippen molar-refractivity contribution < 1.29 is 0 Å². The van der Waals surface area contributed by atoms with Crippen molar-refractivity contribution in [3.63, 3.8) is 0 Å². The Balaban J connectivity index is 2.67. The van der Waals surface area contributed by atoms with Crippen molar-refractivity contribution in [2.24, 2.45) is 0 Å². The fourth-order valence-corrected chi connectivity index (χ4v) is 1.53. The summed E-state index contributed by atoms with van der Waals surface area (Å²) < 4.78 is 1.61. The first-order valence-electron chi connectivity index (χ1n) is 4.71. The Kier molecular flexibility index (Phi) is 2.41. The maximum absolute atomic E-state index is 9.04. The molecule has 2 aromatic rings. The number of hydrogen-bond donors (Lipinski definition) is 0. The lowest BCUT2D eigenvalue weighted by Gasteiger charge is -2.06. The molecule has 0 radical (unpaired) electrons. The van der Waals surface area contributed by atoms with Crippen molar-refractivity contribution in [3.05, 3.63) is 47.5 Å². The van der Waals surface area contributed by atoms with Gasteiger partial charge in [-0.3, -0.25) is 4.57 Å². The van der Waals surface area contributed by atoms with E-state index in [1.54, 1.807) is 23.0 Å². The maximum atomic E-state index is 9.04. The summed E-state index contributed by atoms with van der Waals surface area (Å²) in [4.78, 5) is 3.90. The summed E-state index contributed by atoms with van der Waals surface area (Å²) >= 11 is 0. The molecule has 1 aromatic heterocycles. The van der Waals surface area contributed by atoms with Gasteiger partial charge in [0.2, 0.25) is 5.82 Å². The zero-order valence-electron chi connectivity index (χ0n) is 8.68. The summed E-state index contributed by atoms with van der Waals surface area (Å²) in [5, 5.41) is 17.9. The summed E-state index contributed by atoms with van der Waals surface area (Å²) in [6.45, 7) is 1.92. The van der Waals surface area contributed by atoms with E-state index in [4.69, 9.17) is 10.5 Å². The molecule has 0 amide bonds. The van der Waals surface area contributed by atoms with Gasteiger partial charge in [0.05, 0.1) is 11.3 Å². The molecule has 16 heavy (non-hydrogen) atoms. The first-order valence-corrected chi connectivity index (χ1v) is 4.71. The van der Waals surface area contributed by atoms with E-state index in [9.17, 15) is 0 Å². The van der Waals surface area contributed by atoms with E-state index in [2.05, 4.69) is 11.1 Å². The smallest absolute Gasteiger partial charge is 0.217 e. The number of aromatic nitrogens is 2. The van der Waals surface area contributed by atoms with Crippen LogP contribution < -0.4 is 0 Å². The van der Waals surface area contributed by atoms with Gasteiger partial charge >= 0.3 is 0 Å². The molecule has 4 heteroatoms. The molecule has 0 aliphatic heterocycles. The largest absolute Gasteiger partial charge is 0.290 e. The molecule has 4 nitrogen and oxygen atoms in total. The lowest BCUT2D eigenvalue weighted by atomic mass is 10.1. The zero-order valence-corrected chi connectivity index (χ0v) is 8.68. The molecule has 0 spiro atoms.